The molecule has 1 aromatic carbocycles. The average molecular weight is 377 g/mol. The van der Waals surface area contributed by atoms with Crippen LogP contribution in [0.1, 0.15) is 19.8 Å². The molecule has 118 valence electrons. The third-order valence-electron chi connectivity index (χ3n) is 3.53. The highest BCUT2D eigenvalue weighted by atomic mass is 79.9. The maximum absolute atomic E-state index is 12.8. The van der Waals surface area contributed by atoms with Crippen molar-refractivity contribution >= 4 is 26.0 Å². The van der Waals surface area contributed by atoms with Crippen LogP contribution < -0.4 is 10.1 Å². The topological polar surface area (TPSA) is 58.6 Å². The summed E-state index contributed by atoms with van der Waals surface area (Å²) in [6.07, 6.45) is 2.11. The van der Waals surface area contributed by atoms with Gasteiger partial charge >= 0.3 is 0 Å². The lowest BCUT2D eigenvalue weighted by molar-refractivity contribution is 0.329. The van der Waals surface area contributed by atoms with Crippen molar-refractivity contribution in [1.29, 1.82) is 0 Å². The van der Waals surface area contributed by atoms with Crippen LogP contribution in [0.2, 0.25) is 0 Å². The third-order valence-corrected chi connectivity index (χ3v) is 5.87. The largest absolute Gasteiger partial charge is 0.492 e. The molecule has 0 amide bonds. The van der Waals surface area contributed by atoms with Crippen molar-refractivity contribution in [2.75, 3.05) is 26.7 Å². The smallest absolute Gasteiger partial charge is 0.246 e. The van der Waals surface area contributed by atoms with E-state index in [1.807, 2.05) is 6.92 Å². The number of hydrogen-bond acceptors (Lipinski definition) is 4. The van der Waals surface area contributed by atoms with Gasteiger partial charge in [-0.3, -0.25) is 0 Å². The van der Waals surface area contributed by atoms with Gasteiger partial charge in [0.15, 0.2) is 0 Å². The first-order valence-corrected chi connectivity index (χ1v) is 9.30. The second-order valence-corrected chi connectivity index (χ2v) is 8.03. The minimum Gasteiger partial charge on any atom is -0.492 e. The third kappa shape index (κ3) is 3.97. The summed E-state index contributed by atoms with van der Waals surface area (Å²) in [6.45, 7) is 3.70. The van der Waals surface area contributed by atoms with E-state index in [0.29, 0.717) is 18.9 Å². The summed E-state index contributed by atoms with van der Waals surface area (Å²) in [6, 6.07) is 5.29. The monoisotopic (exact) mass is 376 g/mol. The highest BCUT2D eigenvalue weighted by Gasteiger charge is 2.28. The molecule has 2 rings (SSSR count). The van der Waals surface area contributed by atoms with E-state index in [1.54, 1.807) is 25.2 Å². The quantitative estimate of drug-likeness (QED) is 0.826. The summed E-state index contributed by atoms with van der Waals surface area (Å²) in [4.78, 5) is 0.208. The molecule has 0 aliphatic carbocycles. The van der Waals surface area contributed by atoms with Crippen molar-refractivity contribution in [2.45, 2.75) is 30.7 Å². The fraction of sp³-hybridized carbons (Fsp3) is 0.571. The lowest BCUT2D eigenvalue weighted by Gasteiger charge is -2.22. The summed E-state index contributed by atoms with van der Waals surface area (Å²) in [5, 5.41) is 3.32. The molecule has 0 bridgehead atoms. The molecule has 7 heteroatoms. The molecule has 0 spiro atoms. The van der Waals surface area contributed by atoms with Crippen LogP contribution in [0.25, 0.3) is 0 Å². The number of likely N-dealkylation sites (N-methyl/N-ethyl adjacent to an activating group) is 1. The first-order chi connectivity index (χ1) is 9.95. The van der Waals surface area contributed by atoms with Crippen molar-refractivity contribution in [3.8, 4) is 5.75 Å². The molecule has 21 heavy (non-hydrogen) atoms. The van der Waals surface area contributed by atoms with Crippen molar-refractivity contribution in [3.05, 3.63) is 22.7 Å². The SMILES string of the molecule is CCOc1ccc(Br)cc1S(=O)(=O)N(C)CC1CCCN1. The summed E-state index contributed by atoms with van der Waals surface area (Å²) in [5.41, 5.74) is 0. The van der Waals surface area contributed by atoms with Crippen LogP contribution in [0.5, 0.6) is 5.75 Å². The highest BCUT2D eigenvalue weighted by Crippen LogP contribution is 2.29. The zero-order valence-electron chi connectivity index (χ0n) is 12.3. The van der Waals surface area contributed by atoms with Gasteiger partial charge in [-0.2, -0.15) is 4.31 Å². The zero-order chi connectivity index (χ0) is 15.5. The maximum Gasteiger partial charge on any atom is 0.246 e. The summed E-state index contributed by atoms with van der Waals surface area (Å²) < 4.78 is 33.1. The molecule has 1 aliphatic rings. The first-order valence-electron chi connectivity index (χ1n) is 7.07. The Bertz CT molecular complexity index is 586. The number of rotatable bonds is 6. The second kappa shape index (κ2) is 7.09. The second-order valence-electron chi connectivity index (χ2n) is 5.10. The van der Waals surface area contributed by atoms with E-state index in [2.05, 4.69) is 21.2 Å². The molecule has 0 aromatic heterocycles. The Morgan fingerprint density at radius 3 is 2.86 bits per heavy atom. The standard InChI is InChI=1S/C14H21BrN2O3S/c1-3-20-13-7-6-11(15)9-14(13)21(18,19)17(2)10-12-5-4-8-16-12/h6-7,9,12,16H,3-5,8,10H2,1-2H3. The molecule has 1 heterocycles. The van der Waals surface area contributed by atoms with Crippen molar-refractivity contribution < 1.29 is 13.2 Å². The van der Waals surface area contributed by atoms with E-state index in [4.69, 9.17) is 4.74 Å². The Hall–Kier alpha value is -0.630. The molecular weight excluding hydrogens is 356 g/mol. The number of halogens is 1. The van der Waals surface area contributed by atoms with Crippen LogP contribution in [0.3, 0.4) is 0 Å². The van der Waals surface area contributed by atoms with E-state index < -0.39 is 10.0 Å². The fourth-order valence-corrected chi connectivity index (χ4v) is 4.33. The molecule has 1 aromatic rings. The predicted octanol–water partition coefficient (Wildman–Crippen LogP) is 2.22. The van der Waals surface area contributed by atoms with Crippen LogP contribution in [0.4, 0.5) is 0 Å². The Morgan fingerprint density at radius 1 is 1.48 bits per heavy atom. The Balaban J connectivity index is 2.26. The van der Waals surface area contributed by atoms with Crippen LogP contribution in [-0.2, 0) is 10.0 Å². The van der Waals surface area contributed by atoms with Crippen LogP contribution in [-0.4, -0.2) is 45.5 Å². The van der Waals surface area contributed by atoms with Crippen molar-refractivity contribution in [2.24, 2.45) is 0 Å². The Labute approximate surface area is 134 Å². The Kier molecular flexibility index (Phi) is 5.65. The summed E-state index contributed by atoms with van der Waals surface area (Å²) in [5.74, 6) is 0.395. The van der Waals surface area contributed by atoms with E-state index in [0.717, 1.165) is 23.9 Å². The molecule has 1 N–H and O–H groups in total. The van der Waals surface area contributed by atoms with Gasteiger partial charge in [-0.1, -0.05) is 15.9 Å². The number of nitrogens with one attached hydrogen (secondary N) is 1. The lowest BCUT2D eigenvalue weighted by Crippen LogP contribution is -2.38. The van der Waals surface area contributed by atoms with Crippen molar-refractivity contribution in [3.63, 3.8) is 0 Å². The average Bonchev–Trinajstić information content (AvgIpc) is 2.93. The van der Waals surface area contributed by atoms with Gasteiger partial charge in [-0.15, -0.1) is 0 Å². The van der Waals surface area contributed by atoms with Gasteiger partial charge in [0.25, 0.3) is 0 Å². The molecule has 0 saturated carbocycles. The van der Waals surface area contributed by atoms with Gasteiger partial charge in [0.1, 0.15) is 10.6 Å². The molecule has 1 fully saturated rings. The van der Waals surface area contributed by atoms with Gasteiger partial charge in [-0.05, 0) is 44.5 Å². The van der Waals surface area contributed by atoms with E-state index >= 15 is 0 Å². The van der Waals surface area contributed by atoms with Gasteiger partial charge in [0.2, 0.25) is 10.0 Å². The number of sulfonamides is 1. The number of nitrogens with zero attached hydrogens (tertiary/aromatic N) is 1. The zero-order valence-corrected chi connectivity index (χ0v) is 14.7. The van der Waals surface area contributed by atoms with Crippen molar-refractivity contribution in [1.82, 2.24) is 9.62 Å². The molecule has 1 saturated heterocycles. The van der Waals surface area contributed by atoms with Crippen LogP contribution >= 0.6 is 15.9 Å². The normalized spacial score (nSPS) is 19.1. The summed E-state index contributed by atoms with van der Waals surface area (Å²) >= 11 is 3.33. The molecule has 1 unspecified atom stereocenters. The number of benzene rings is 1. The van der Waals surface area contributed by atoms with Gasteiger partial charge in [0.05, 0.1) is 6.61 Å². The molecule has 1 aliphatic heterocycles. The minimum absolute atomic E-state index is 0.208. The van der Waals surface area contributed by atoms with E-state index in [1.165, 1.54) is 4.31 Å². The van der Waals surface area contributed by atoms with Gasteiger partial charge in [0, 0.05) is 24.1 Å². The van der Waals surface area contributed by atoms with Gasteiger partial charge in [-0.25, -0.2) is 8.42 Å². The maximum atomic E-state index is 12.8. The highest BCUT2D eigenvalue weighted by molar-refractivity contribution is 9.10. The fourth-order valence-electron chi connectivity index (χ4n) is 2.45. The first kappa shape index (κ1) is 16.7. The lowest BCUT2D eigenvalue weighted by atomic mass is 10.2. The summed E-state index contributed by atoms with van der Waals surface area (Å²) in [7, 11) is -1.95. The van der Waals surface area contributed by atoms with Crippen LogP contribution in [0, 0.1) is 0 Å². The van der Waals surface area contributed by atoms with Gasteiger partial charge < -0.3 is 10.1 Å². The van der Waals surface area contributed by atoms with E-state index in [-0.39, 0.29) is 10.9 Å². The molecule has 1 atom stereocenters. The van der Waals surface area contributed by atoms with E-state index in [9.17, 15) is 8.42 Å². The molecule has 5 nitrogen and oxygen atoms in total. The Morgan fingerprint density at radius 2 is 2.24 bits per heavy atom. The predicted molar refractivity (Wildman–Crippen MR) is 86.2 cm³/mol. The molecular formula is C14H21BrN2O3S. The van der Waals surface area contributed by atoms with Crippen LogP contribution in [0.15, 0.2) is 27.6 Å². The minimum atomic E-state index is -3.56. The number of hydrogen-bond donors (Lipinski definition) is 1. The number of ether oxygens (including phenoxy) is 1. The molecule has 0 radical (unpaired) electrons.